The van der Waals surface area contributed by atoms with Crippen molar-refractivity contribution in [3.63, 3.8) is 0 Å². The number of carbonyl (C=O) groups excluding carboxylic acids is 1. The Morgan fingerprint density at radius 1 is 1.00 bits per heavy atom. The highest BCUT2D eigenvalue weighted by molar-refractivity contribution is 5.85. The van der Waals surface area contributed by atoms with E-state index in [9.17, 15) is 9.18 Å². The van der Waals surface area contributed by atoms with E-state index >= 15 is 0 Å². The molecule has 0 saturated carbocycles. The van der Waals surface area contributed by atoms with Crippen LogP contribution in [-0.4, -0.2) is 6.16 Å². The summed E-state index contributed by atoms with van der Waals surface area (Å²) >= 11 is 0. The third-order valence-electron chi connectivity index (χ3n) is 2.09. The van der Waals surface area contributed by atoms with E-state index in [-0.39, 0.29) is 0 Å². The predicted molar refractivity (Wildman–Crippen MR) is 63.1 cm³/mol. The fraction of sp³-hybridized carbons (Fsp3) is 0. The van der Waals surface area contributed by atoms with Crippen LogP contribution in [-0.2, 0) is 0 Å². The van der Waals surface area contributed by atoms with Crippen LogP contribution in [0.3, 0.4) is 0 Å². The minimum absolute atomic E-state index is 0.295. The minimum atomic E-state index is -1.62. The Bertz CT molecular complexity index is 514. The zero-order valence-corrected chi connectivity index (χ0v) is 8.89. The van der Waals surface area contributed by atoms with Gasteiger partial charge in [0.15, 0.2) is 5.75 Å². The average molecular weight is 230 g/mol. The summed E-state index contributed by atoms with van der Waals surface area (Å²) in [6.45, 7) is 0. The highest BCUT2D eigenvalue weighted by atomic mass is 18.2. The van der Waals surface area contributed by atoms with Crippen LogP contribution in [0.4, 0.5) is 14.9 Å². The molecule has 0 unspecified atom stereocenters. The van der Waals surface area contributed by atoms with E-state index < -0.39 is 6.16 Å². The maximum absolute atomic E-state index is 12.3. The van der Waals surface area contributed by atoms with Gasteiger partial charge in [-0.1, -0.05) is 30.3 Å². The van der Waals surface area contributed by atoms with Crippen LogP contribution in [0.1, 0.15) is 0 Å². The van der Waals surface area contributed by atoms with Crippen molar-refractivity contribution in [2.75, 3.05) is 5.32 Å². The predicted octanol–water partition coefficient (Wildman–Crippen LogP) is 3.98. The zero-order valence-electron chi connectivity index (χ0n) is 8.89. The molecular formula is C13H10FNO2. The first-order chi connectivity index (χ1) is 8.25. The number of ether oxygens (including phenoxy) is 1. The molecule has 0 spiro atoms. The third-order valence-corrected chi connectivity index (χ3v) is 2.09. The van der Waals surface area contributed by atoms with Crippen molar-refractivity contribution in [1.29, 1.82) is 0 Å². The largest absolute Gasteiger partial charge is 0.455 e. The molecule has 0 bridgehead atoms. The SMILES string of the molecule is O=C([18F])Nc1ccccc1Oc1ccccc1. The molecule has 0 aromatic heterocycles. The van der Waals surface area contributed by atoms with Crippen molar-refractivity contribution >= 4 is 11.8 Å². The fourth-order valence-corrected chi connectivity index (χ4v) is 1.38. The summed E-state index contributed by atoms with van der Waals surface area (Å²) < 4.78 is 17.8. The third kappa shape index (κ3) is 3.04. The second kappa shape index (κ2) is 5.12. The highest BCUT2D eigenvalue weighted by Gasteiger charge is 2.06. The van der Waals surface area contributed by atoms with Gasteiger partial charge in [-0.25, -0.2) is 4.79 Å². The maximum atomic E-state index is 12.3. The van der Waals surface area contributed by atoms with Crippen molar-refractivity contribution in [2.24, 2.45) is 0 Å². The Kier molecular flexibility index (Phi) is 3.35. The van der Waals surface area contributed by atoms with Gasteiger partial charge in [-0.3, -0.25) is 5.32 Å². The number of para-hydroxylation sites is 3. The molecule has 0 aliphatic carbocycles. The van der Waals surface area contributed by atoms with Gasteiger partial charge >= 0.3 is 6.16 Å². The molecule has 1 amide bonds. The number of nitrogens with one attached hydrogen (secondary N) is 1. The molecule has 0 aliphatic heterocycles. The number of amides is 1. The van der Waals surface area contributed by atoms with Gasteiger partial charge in [0.25, 0.3) is 0 Å². The smallest absolute Gasteiger partial charge is 0.401 e. The van der Waals surface area contributed by atoms with Crippen LogP contribution >= 0.6 is 0 Å². The van der Waals surface area contributed by atoms with Crippen LogP contribution in [0.25, 0.3) is 0 Å². The molecule has 0 radical (unpaired) electrons. The number of halogens is 1. The van der Waals surface area contributed by atoms with Gasteiger partial charge in [-0.2, -0.15) is 0 Å². The summed E-state index contributed by atoms with van der Waals surface area (Å²) in [5, 5.41) is 2.06. The lowest BCUT2D eigenvalue weighted by molar-refractivity contribution is 0.234. The first-order valence-electron chi connectivity index (χ1n) is 5.04. The Hall–Kier alpha value is -2.36. The Morgan fingerprint density at radius 3 is 2.35 bits per heavy atom. The number of hydrogen-bond acceptors (Lipinski definition) is 2. The lowest BCUT2D eigenvalue weighted by atomic mass is 10.3. The summed E-state index contributed by atoms with van der Waals surface area (Å²) in [6, 6.07) is 15.7. The van der Waals surface area contributed by atoms with Crippen molar-refractivity contribution < 1.29 is 13.9 Å². The zero-order chi connectivity index (χ0) is 12.1. The van der Waals surface area contributed by atoms with Gasteiger partial charge in [-0.15, -0.1) is 4.39 Å². The van der Waals surface area contributed by atoms with E-state index in [1.54, 1.807) is 36.4 Å². The van der Waals surface area contributed by atoms with Gasteiger partial charge in [0.1, 0.15) is 5.75 Å². The maximum Gasteiger partial charge on any atom is 0.401 e. The Morgan fingerprint density at radius 2 is 1.65 bits per heavy atom. The van der Waals surface area contributed by atoms with Crippen molar-refractivity contribution in [2.45, 2.75) is 0 Å². The van der Waals surface area contributed by atoms with Gasteiger partial charge in [0.05, 0.1) is 5.69 Å². The van der Waals surface area contributed by atoms with Crippen LogP contribution in [0, 0.1) is 0 Å². The molecule has 0 saturated heterocycles. The van der Waals surface area contributed by atoms with Gasteiger partial charge < -0.3 is 4.74 Å². The van der Waals surface area contributed by atoms with Crippen molar-refractivity contribution in [3.8, 4) is 11.5 Å². The van der Waals surface area contributed by atoms with E-state index in [2.05, 4.69) is 5.32 Å². The molecule has 86 valence electrons. The van der Waals surface area contributed by atoms with Crippen molar-refractivity contribution in [3.05, 3.63) is 54.6 Å². The van der Waals surface area contributed by atoms with E-state index in [1.165, 1.54) is 0 Å². The van der Waals surface area contributed by atoms with Crippen molar-refractivity contribution in [1.82, 2.24) is 0 Å². The molecular weight excluding hydrogens is 220 g/mol. The molecule has 4 heteroatoms. The highest BCUT2D eigenvalue weighted by Crippen LogP contribution is 2.28. The summed E-state index contributed by atoms with van der Waals surface area (Å²) in [5.41, 5.74) is 0.295. The molecule has 17 heavy (non-hydrogen) atoms. The molecule has 2 aromatic rings. The lowest BCUT2D eigenvalue weighted by Gasteiger charge is -2.09. The van der Waals surface area contributed by atoms with Crippen LogP contribution in [0.15, 0.2) is 54.6 Å². The second-order valence-electron chi connectivity index (χ2n) is 3.31. The number of anilines is 1. The summed E-state index contributed by atoms with van der Waals surface area (Å²) in [7, 11) is 0. The average Bonchev–Trinajstić information content (AvgIpc) is 2.32. The molecule has 0 heterocycles. The van der Waals surface area contributed by atoms with E-state index in [4.69, 9.17) is 4.74 Å². The molecule has 0 aliphatic rings. The number of carbonyl (C=O) groups is 1. The van der Waals surface area contributed by atoms with Crippen LogP contribution < -0.4 is 10.1 Å². The van der Waals surface area contributed by atoms with E-state index in [1.807, 2.05) is 18.2 Å². The molecule has 3 nitrogen and oxygen atoms in total. The van der Waals surface area contributed by atoms with Crippen LogP contribution in [0.5, 0.6) is 11.5 Å². The molecule has 0 atom stereocenters. The van der Waals surface area contributed by atoms with E-state index in [0.29, 0.717) is 17.2 Å². The monoisotopic (exact) mass is 230 g/mol. The quantitative estimate of drug-likeness (QED) is 0.639. The number of benzene rings is 2. The summed E-state index contributed by atoms with van der Waals surface area (Å²) in [6.07, 6.45) is -1.62. The molecule has 2 aromatic carbocycles. The van der Waals surface area contributed by atoms with Crippen LogP contribution in [0.2, 0.25) is 0 Å². The fourth-order valence-electron chi connectivity index (χ4n) is 1.38. The Balaban J connectivity index is 2.23. The topological polar surface area (TPSA) is 38.3 Å². The van der Waals surface area contributed by atoms with Gasteiger partial charge in [-0.05, 0) is 24.3 Å². The summed E-state index contributed by atoms with van der Waals surface area (Å²) in [4.78, 5) is 10.4. The minimum Gasteiger partial charge on any atom is -0.455 e. The first-order valence-corrected chi connectivity index (χ1v) is 5.04. The normalized spacial score (nSPS) is 9.71. The Labute approximate surface area is 97.8 Å². The standard InChI is InChI=1S/C13H10FNO2/c14-13(16)15-11-8-4-5-9-12(11)17-10-6-2-1-3-7-10/h1-9H,(H,15,16)/i14-1. The van der Waals surface area contributed by atoms with Gasteiger partial charge in [0, 0.05) is 0 Å². The number of rotatable bonds is 3. The molecule has 2 rings (SSSR count). The first kappa shape index (κ1) is 11.1. The molecule has 1 N–H and O–H groups in total. The second-order valence-corrected chi connectivity index (χ2v) is 3.31. The van der Waals surface area contributed by atoms with E-state index in [0.717, 1.165) is 0 Å². The lowest BCUT2D eigenvalue weighted by Crippen LogP contribution is -2.03. The van der Waals surface area contributed by atoms with Gasteiger partial charge in [0.2, 0.25) is 0 Å². The number of hydrogen-bond donors (Lipinski definition) is 1. The molecule has 0 fully saturated rings. The summed E-state index contributed by atoms with van der Waals surface area (Å²) in [5.74, 6) is 1.01.